The summed E-state index contributed by atoms with van der Waals surface area (Å²) in [6, 6.07) is 5.91. The van der Waals surface area contributed by atoms with Crippen LogP contribution in [0.25, 0.3) is 0 Å². The quantitative estimate of drug-likeness (QED) is 0.890. The van der Waals surface area contributed by atoms with E-state index in [9.17, 15) is 13.2 Å². The molecule has 1 aromatic rings. The third-order valence-corrected chi connectivity index (χ3v) is 3.91. The van der Waals surface area contributed by atoms with E-state index in [0.717, 1.165) is 31.7 Å². The Balaban J connectivity index is 2.03. The lowest BCUT2D eigenvalue weighted by Gasteiger charge is -2.30. The van der Waals surface area contributed by atoms with Crippen molar-refractivity contribution in [2.24, 2.45) is 5.73 Å². The summed E-state index contributed by atoms with van der Waals surface area (Å²) >= 11 is 0. The highest BCUT2D eigenvalue weighted by Gasteiger charge is 2.31. The van der Waals surface area contributed by atoms with Gasteiger partial charge in [0.05, 0.1) is 5.56 Å². The summed E-state index contributed by atoms with van der Waals surface area (Å²) in [6.45, 7) is 1.90. The normalized spacial score (nSPS) is 25.4. The molecular formula is C15H21F3N2. The highest BCUT2D eigenvalue weighted by molar-refractivity contribution is 5.27. The highest BCUT2D eigenvalue weighted by atomic mass is 19.4. The summed E-state index contributed by atoms with van der Waals surface area (Å²) in [5.74, 6) is 0. The van der Waals surface area contributed by atoms with Gasteiger partial charge in [-0.3, -0.25) is 0 Å². The molecule has 0 aromatic heterocycles. The molecule has 1 aliphatic rings. The van der Waals surface area contributed by atoms with Crippen molar-refractivity contribution >= 4 is 0 Å². The van der Waals surface area contributed by atoms with Crippen molar-refractivity contribution in [3.05, 3.63) is 35.4 Å². The topological polar surface area (TPSA) is 38.0 Å². The maximum absolute atomic E-state index is 12.7. The van der Waals surface area contributed by atoms with Gasteiger partial charge in [0.1, 0.15) is 0 Å². The Morgan fingerprint density at radius 1 is 1.30 bits per heavy atom. The summed E-state index contributed by atoms with van der Waals surface area (Å²) in [4.78, 5) is 0. The first-order valence-corrected chi connectivity index (χ1v) is 7.05. The third kappa shape index (κ3) is 3.96. The largest absolute Gasteiger partial charge is 0.416 e. The van der Waals surface area contributed by atoms with E-state index in [1.54, 1.807) is 6.07 Å². The van der Waals surface area contributed by atoms with Crippen LogP contribution >= 0.6 is 0 Å². The van der Waals surface area contributed by atoms with E-state index in [2.05, 4.69) is 5.32 Å². The smallest absolute Gasteiger partial charge is 0.328 e. The second-order valence-corrected chi connectivity index (χ2v) is 5.64. The summed E-state index contributed by atoms with van der Waals surface area (Å²) in [5, 5.41) is 3.40. The Labute approximate surface area is 117 Å². The molecule has 112 valence electrons. The van der Waals surface area contributed by atoms with Gasteiger partial charge in [0.25, 0.3) is 0 Å². The van der Waals surface area contributed by atoms with Gasteiger partial charge < -0.3 is 11.1 Å². The van der Waals surface area contributed by atoms with Crippen molar-refractivity contribution < 1.29 is 13.2 Å². The molecule has 2 nitrogen and oxygen atoms in total. The SMILES string of the molecule is CC(NC1CCCC(N)C1)c1cccc(C(F)(F)F)c1. The number of hydrogen-bond donors (Lipinski definition) is 2. The van der Waals surface area contributed by atoms with Gasteiger partial charge in [-0.2, -0.15) is 13.2 Å². The van der Waals surface area contributed by atoms with Crippen LogP contribution in [0.3, 0.4) is 0 Å². The van der Waals surface area contributed by atoms with Gasteiger partial charge in [0.15, 0.2) is 0 Å². The van der Waals surface area contributed by atoms with E-state index in [1.165, 1.54) is 12.1 Å². The molecule has 0 saturated heterocycles. The van der Waals surface area contributed by atoms with Crippen LogP contribution in [-0.2, 0) is 6.18 Å². The number of halogens is 3. The Kier molecular flexibility index (Phi) is 4.70. The number of rotatable bonds is 3. The van der Waals surface area contributed by atoms with E-state index in [4.69, 9.17) is 5.73 Å². The van der Waals surface area contributed by atoms with Crippen LogP contribution in [-0.4, -0.2) is 12.1 Å². The molecule has 0 bridgehead atoms. The van der Waals surface area contributed by atoms with Crippen molar-refractivity contribution in [2.75, 3.05) is 0 Å². The second kappa shape index (κ2) is 6.14. The van der Waals surface area contributed by atoms with Gasteiger partial charge in [-0.05, 0) is 43.9 Å². The summed E-state index contributed by atoms with van der Waals surface area (Å²) in [5.41, 5.74) is 6.00. The molecule has 0 amide bonds. The number of nitrogens with one attached hydrogen (secondary N) is 1. The molecule has 1 saturated carbocycles. The van der Waals surface area contributed by atoms with E-state index in [1.807, 2.05) is 6.92 Å². The maximum atomic E-state index is 12.7. The molecule has 1 aromatic carbocycles. The molecule has 0 radical (unpaired) electrons. The molecule has 1 fully saturated rings. The van der Waals surface area contributed by atoms with E-state index < -0.39 is 11.7 Å². The molecule has 0 aliphatic heterocycles. The molecule has 5 heteroatoms. The summed E-state index contributed by atoms with van der Waals surface area (Å²) < 4.78 is 38.1. The Morgan fingerprint density at radius 3 is 2.70 bits per heavy atom. The first kappa shape index (κ1) is 15.3. The Bertz CT molecular complexity index is 445. The molecule has 3 atom stereocenters. The van der Waals surface area contributed by atoms with Gasteiger partial charge in [-0.1, -0.05) is 18.6 Å². The Morgan fingerprint density at radius 2 is 2.05 bits per heavy atom. The van der Waals surface area contributed by atoms with Crippen LogP contribution < -0.4 is 11.1 Å². The highest BCUT2D eigenvalue weighted by Crippen LogP contribution is 2.31. The van der Waals surface area contributed by atoms with Crippen LogP contribution in [0.15, 0.2) is 24.3 Å². The lowest BCUT2D eigenvalue weighted by atomic mass is 9.90. The minimum absolute atomic E-state index is 0.104. The fourth-order valence-corrected chi connectivity index (χ4v) is 2.81. The maximum Gasteiger partial charge on any atom is 0.416 e. The van der Waals surface area contributed by atoms with Gasteiger partial charge in [0.2, 0.25) is 0 Å². The molecule has 1 aliphatic carbocycles. The van der Waals surface area contributed by atoms with Crippen molar-refractivity contribution in [2.45, 2.75) is 56.9 Å². The van der Waals surface area contributed by atoms with Gasteiger partial charge in [-0.25, -0.2) is 0 Å². The lowest BCUT2D eigenvalue weighted by molar-refractivity contribution is -0.137. The first-order chi connectivity index (χ1) is 9.36. The van der Waals surface area contributed by atoms with Crippen LogP contribution in [0.4, 0.5) is 13.2 Å². The molecule has 3 N–H and O–H groups in total. The van der Waals surface area contributed by atoms with Crippen molar-refractivity contribution in [3.8, 4) is 0 Å². The average Bonchev–Trinajstić information content (AvgIpc) is 2.38. The molecular weight excluding hydrogens is 265 g/mol. The molecule has 0 heterocycles. The van der Waals surface area contributed by atoms with E-state index in [-0.39, 0.29) is 12.1 Å². The standard InChI is InChI=1S/C15H21F3N2/c1-10(20-14-7-3-6-13(19)9-14)11-4-2-5-12(8-11)15(16,17)18/h2,4-5,8,10,13-14,20H,3,6-7,9,19H2,1H3. The minimum atomic E-state index is -4.29. The van der Waals surface area contributed by atoms with Gasteiger partial charge in [-0.15, -0.1) is 0 Å². The fourth-order valence-electron chi connectivity index (χ4n) is 2.81. The summed E-state index contributed by atoms with van der Waals surface area (Å²) in [6.07, 6.45) is -0.243. The second-order valence-electron chi connectivity index (χ2n) is 5.64. The molecule has 0 spiro atoms. The summed E-state index contributed by atoms with van der Waals surface area (Å²) in [7, 11) is 0. The van der Waals surface area contributed by atoms with Crippen molar-refractivity contribution in [3.63, 3.8) is 0 Å². The first-order valence-electron chi connectivity index (χ1n) is 7.05. The van der Waals surface area contributed by atoms with Crippen LogP contribution in [0.5, 0.6) is 0 Å². The molecule has 20 heavy (non-hydrogen) atoms. The van der Waals surface area contributed by atoms with E-state index >= 15 is 0 Å². The van der Waals surface area contributed by atoms with Crippen molar-refractivity contribution in [1.29, 1.82) is 0 Å². The third-order valence-electron chi connectivity index (χ3n) is 3.91. The van der Waals surface area contributed by atoms with Gasteiger partial charge >= 0.3 is 6.18 Å². The Hall–Kier alpha value is -1.07. The monoisotopic (exact) mass is 286 g/mol. The predicted molar refractivity (Wildman–Crippen MR) is 73.2 cm³/mol. The van der Waals surface area contributed by atoms with Crippen LogP contribution in [0.1, 0.15) is 49.8 Å². The molecule has 2 rings (SSSR count). The lowest BCUT2D eigenvalue weighted by Crippen LogP contribution is -2.40. The number of nitrogens with two attached hydrogens (primary N) is 1. The molecule has 3 unspecified atom stereocenters. The predicted octanol–water partition coefficient (Wildman–Crippen LogP) is 3.63. The zero-order valence-corrected chi connectivity index (χ0v) is 11.6. The zero-order valence-electron chi connectivity index (χ0n) is 11.6. The minimum Gasteiger partial charge on any atom is -0.328 e. The number of alkyl halides is 3. The average molecular weight is 286 g/mol. The number of hydrogen-bond acceptors (Lipinski definition) is 2. The fraction of sp³-hybridized carbons (Fsp3) is 0.600. The van der Waals surface area contributed by atoms with Gasteiger partial charge in [0, 0.05) is 18.1 Å². The van der Waals surface area contributed by atoms with Crippen LogP contribution in [0.2, 0.25) is 0 Å². The number of benzene rings is 1. The zero-order chi connectivity index (χ0) is 14.8. The van der Waals surface area contributed by atoms with Crippen LogP contribution in [0, 0.1) is 0 Å². The van der Waals surface area contributed by atoms with Crippen molar-refractivity contribution in [1.82, 2.24) is 5.32 Å². The van der Waals surface area contributed by atoms with E-state index in [0.29, 0.717) is 11.6 Å².